The highest BCUT2D eigenvalue weighted by Gasteiger charge is 2.29. The van der Waals surface area contributed by atoms with Crippen LogP contribution in [0.25, 0.3) is 11.4 Å². The zero-order chi connectivity index (χ0) is 24.4. The van der Waals surface area contributed by atoms with Gasteiger partial charge < -0.3 is 14.6 Å². The van der Waals surface area contributed by atoms with Crippen LogP contribution in [0.15, 0.2) is 76.5 Å². The highest BCUT2D eigenvalue weighted by atomic mass is 16.5. The van der Waals surface area contributed by atoms with Gasteiger partial charge in [-0.2, -0.15) is 10.2 Å². The van der Waals surface area contributed by atoms with Gasteiger partial charge in [0, 0.05) is 17.6 Å². The maximum atomic E-state index is 9.58. The maximum Gasteiger partial charge on any atom is 0.234 e. The van der Waals surface area contributed by atoms with Crippen LogP contribution in [0.4, 0.5) is 0 Å². The van der Waals surface area contributed by atoms with Crippen LogP contribution in [0.1, 0.15) is 74.2 Å². The van der Waals surface area contributed by atoms with Crippen molar-refractivity contribution >= 4 is 0 Å². The molecule has 3 aromatic rings. The molecule has 2 aliphatic carbocycles. The van der Waals surface area contributed by atoms with Gasteiger partial charge >= 0.3 is 0 Å². The normalized spacial score (nSPS) is 20.1. The van der Waals surface area contributed by atoms with Crippen LogP contribution in [0.2, 0.25) is 0 Å². The Morgan fingerprint density at radius 1 is 1.11 bits per heavy atom. The minimum absolute atomic E-state index is 0.0127. The molecular formula is C29H30N4O2. The molecule has 0 aliphatic heterocycles. The molecule has 0 amide bonds. The van der Waals surface area contributed by atoms with Gasteiger partial charge in [0.15, 0.2) is 0 Å². The van der Waals surface area contributed by atoms with E-state index in [2.05, 4.69) is 65.9 Å². The quantitative estimate of drug-likeness (QED) is 0.439. The van der Waals surface area contributed by atoms with Crippen molar-refractivity contribution in [3.8, 4) is 17.5 Å². The molecule has 0 fully saturated rings. The van der Waals surface area contributed by atoms with Crippen molar-refractivity contribution in [3.63, 3.8) is 0 Å². The monoisotopic (exact) mass is 466 g/mol. The van der Waals surface area contributed by atoms with Crippen molar-refractivity contribution in [2.75, 3.05) is 0 Å². The number of benzene rings is 2. The molecule has 178 valence electrons. The number of nitrogens with one attached hydrogen (secondary N) is 1. The summed E-state index contributed by atoms with van der Waals surface area (Å²) in [6.45, 7) is 6.11. The summed E-state index contributed by atoms with van der Waals surface area (Å²) >= 11 is 0. The number of aromatic nitrogens is 2. The summed E-state index contributed by atoms with van der Waals surface area (Å²) in [4.78, 5) is 4.75. The number of ether oxygens (including phenoxy) is 1. The molecule has 3 atom stereocenters. The summed E-state index contributed by atoms with van der Waals surface area (Å²) in [5.41, 5.74) is 5.40. The Kier molecular flexibility index (Phi) is 6.52. The van der Waals surface area contributed by atoms with Crippen LogP contribution >= 0.6 is 0 Å². The molecule has 35 heavy (non-hydrogen) atoms. The fourth-order valence-corrected chi connectivity index (χ4v) is 5.00. The van der Waals surface area contributed by atoms with Crippen LogP contribution in [0, 0.1) is 11.3 Å². The molecular weight excluding hydrogens is 436 g/mol. The largest absolute Gasteiger partial charge is 0.490 e. The van der Waals surface area contributed by atoms with E-state index in [0.29, 0.717) is 29.5 Å². The third-order valence-electron chi connectivity index (χ3n) is 6.69. The Labute approximate surface area is 206 Å². The summed E-state index contributed by atoms with van der Waals surface area (Å²) in [6, 6.07) is 19.7. The summed E-state index contributed by atoms with van der Waals surface area (Å²) in [7, 11) is 0. The van der Waals surface area contributed by atoms with Crippen LogP contribution in [-0.2, 0) is 11.2 Å². The molecule has 0 saturated heterocycles. The molecule has 2 aliphatic rings. The fraction of sp³-hybridized carbons (Fsp3) is 0.345. The fourth-order valence-electron chi connectivity index (χ4n) is 5.00. The highest BCUT2D eigenvalue weighted by molar-refractivity contribution is 5.64. The molecule has 5 rings (SSSR count). The van der Waals surface area contributed by atoms with E-state index in [9.17, 15) is 5.26 Å². The topological polar surface area (TPSA) is 84.0 Å². The first-order chi connectivity index (χ1) is 17.0. The lowest BCUT2D eigenvalue weighted by Gasteiger charge is -2.21. The van der Waals surface area contributed by atoms with E-state index in [4.69, 9.17) is 14.2 Å². The van der Waals surface area contributed by atoms with Crippen LogP contribution in [0.5, 0.6) is 0 Å². The molecule has 1 N–H and O–H groups in total. The van der Waals surface area contributed by atoms with Gasteiger partial charge in [-0.1, -0.05) is 59.8 Å². The second-order valence-electron chi connectivity index (χ2n) is 9.49. The number of nitriles is 1. The Morgan fingerprint density at radius 2 is 1.94 bits per heavy atom. The zero-order valence-electron chi connectivity index (χ0n) is 20.4. The van der Waals surface area contributed by atoms with E-state index in [1.807, 2.05) is 32.1 Å². The highest BCUT2D eigenvalue weighted by Crippen LogP contribution is 2.39. The number of fused-ring (bicyclic) bond motifs is 1. The van der Waals surface area contributed by atoms with Crippen LogP contribution in [0.3, 0.4) is 0 Å². The van der Waals surface area contributed by atoms with Crippen LogP contribution < -0.4 is 5.32 Å². The van der Waals surface area contributed by atoms with E-state index in [-0.39, 0.29) is 24.1 Å². The number of hydrogen-bond donors (Lipinski definition) is 1. The number of hydrogen-bond acceptors (Lipinski definition) is 6. The summed E-state index contributed by atoms with van der Waals surface area (Å²) in [5, 5.41) is 17.7. The van der Waals surface area contributed by atoms with E-state index in [0.717, 1.165) is 18.4 Å². The SMILES string of the molecule is CC(C)OC1=CCC(c2nc(-c3cccc4c3CC[C@@H]4N[C@@H](C)c3ccccc3)no2)C=C1C#N. The van der Waals surface area contributed by atoms with Crippen molar-refractivity contribution in [2.24, 2.45) is 0 Å². The molecule has 6 nitrogen and oxygen atoms in total. The average Bonchev–Trinajstić information content (AvgIpc) is 3.52. The number of nitrogens with zero attached hydrogens (tertiary/aromatic N) is 3. The lowest BCUT2D eigenvalue weighted by atomic mass is 9.95. The van der Waals surface area contributed by atoms with Gasteiger partial charge in [-0.15, -0.1) is 0 Å². The van der Waals surface area contributed by atoms with E-state index in [1.54, 1.807) is 0 Å². The molecule has 1 aromatic heterocycles. The minimum Gasteiger partial charge on any atom is -0.490 e. The smallest absolute Gasteiger partial charge is 0.234 e. The Balaban J connectivity index is 1.35. The van der Waals surface area contributed by atoms with Gasteiger partial charge in [-0.25, -0.2) is 0 Å². The van der Waals surface area contributed by atoms with Crippen molar-refractivity contribution < 1.29 is 9.26 Å². The summed E-state index contributed by atoms with van der Waals surface area (Å²) < 4.78 is 11.4. The van der Waals surface area contributed by atoms with Crippen molar-refractivity contribution in [1.82, 2.24) is 15.5 Å². The molecule has 1 unspecified atom stereocenters. The molecule has 6 heteroatoms. The van der Waals surface area contributed by atoms with Gasteiger partial charge in [-0.3, -0.25) is 0 Å². The van der Waals surface area contributed by atoms with Gasteiger partial charge in [0.05, 0.1) is 17.6 Å². The first-order valence-corrected chi connectivity index (χ1v) is 12.3. The van der Waals surface area contributed by atoms with Gasteiger partial charge in [0.2, 0.25) is 11.7 Å². The predicted molar refractivity (Wildman–Crippen MR) is 134 cm³/mol. The Bertz CT molecular complexity index is 1300. The number of rotatable bonds is 7. The van der Waals surface area contributed by atoms with Gasteiger partial charge in [-0.05, 0) is 62.8 Å². The molecule has 0 saturated carbocycles. The predicted octanol–water partition coefficient (Wildman–Crippen LogP) is 6.32. The van der Waals surface area contributed by atoms with Crippen molar-refractivity contribution in [2.45, 2.75) is 64.1 Å². The summed E-state index contributed by atoms with van der Waals surface area (Å²) in [5.74, 6) is 1.62. The van der Waals surface area contributed by atoms with E-state index in [1.165, 1.54) is 16.7 Å². The first kappa shape index (κ1) is 23.1. The van der Waals surface area contributed by atoms with Gasteiger partial charge in [0.25, 0.3) is 0 Å². The van der Waals surface area contributed by atoms with E-state index >= 15 is 0 Å². The lowest BCUT2D eigenvalue weighted by Crippen LogP contribution is -2.22. The third-order valence-corrected chi connectivity index (χ3v) is 6.69. The number of allylic oxidation sites excluding steroid dienone is 3. The Morgan fingerprint density at radius 3 is 2.71 bits per heavy atom. The van der Waals surface area contributed by atoms with E-state index < -0.39 is 0 Å². The molecule has 1 heterocycles. The second kappa shape index (κ2) is 9.89. The Hall–Kier alpha value is -3.69. The zero-order valence-corrected chi connectivity index (χ0v) is 20.4. The van der Waals surface area contributed by atoms with Gasteiger partial charge in [0.1, 0.15) is 11.8 Å². The second-order valence-corrected chi connectivity index (χ2v) is 9.49. The summed E-state index contributed by atoms with van der Waals surface area (Å²) in [6.07, 6.45) is 6.49. The van der Waals surface area contributed by atoms with Crippen molar-refractivity contribution in [3.05, 3.63) is 94.6 Å². The van der Waals surface area contributed by atoms with Crippen LogP contribution in [-0.4, -0.2) is 16.2 Å². The lowest BCUT2D eigenvalue weighted by molar-refractivity contribution is 0.153. The molecule has 0 spiro atoms. The molecule has 0 bridgehead atoms. The maximum absolute atomic E-state index is 9.58. The first-order valence-electron chi connectivity index (χ1n) is 12.3. The third kappa shape index (κ3) is 4.78. The van der Waals surface area contributed by atoms with Crippen molar-refractivity contribution in [1.29, 1.82) is 5.26 Å². The molecule has 0 radical (unpaired) electrons. The average molecular weight is 467 g/mol. The minimum atomic E-state index is -0.136. The molecule has 2 aromatic carbocycles. The standard InChI is InChI=1S/C29H30N4O2/c1-18(2)34-27-15-12-21(16-22(27)17-30)29-32-28(33-35-29)25-11-7-10-24-23(25)13-14-26(24)31-19(3)20-8-5-4-6-9-20/h4-11,15-16,18-19,21,26,31H,12-14H2,1-3H3/t19-,21?,26-/m0/s1.